The summed E-state index contributed by atoms with van der Waals surface area (Å²) in [6.07, 6.45) is 4.79. The van der Waals surface area contributed by atoms with Crippen LogP contribution in [0, 0.1) is 5.92 Å². The van der Waals surface area contributed by atoms with Gasteiger partial charge in [0.1, 0.15) is 0 Å². The average molecular weight is 281 g/mol. The first-order valence-corrected chi connectivity index (χ1v) is 8.33. The highest BCUT2D eigenvalue weighted by Crippen LogP contribution is 2.22. The summed E-state index contributed by atoms with van der Waals surface area (Å²) in [4.78, 5) is 17.3. The van der Waals surface area contributed by atoms with Crippen LogP contribution in [-0.4, -0.2) is 53.6 Å². The highest BCUT2D eigenvalue weighted by molar-refractivity contribution is 5.84. The zero-order chi connectivity index (χ0) is 14.7. The Balaban J connectivity index is 1.97. The minimum atomic E-state index is 0.0287. The predicted octanol–water partition coefficient (Wildman–Crippen LogP) is 2.05. The van der Waals surface area contributed by atoms with E-state index in [1.807, 2.05) is 0 Å². The van der Waals surface area contributed by atoms with Crippen LogP contribution in [0.5, 0.6) is 0 Å². The number of carbonyl (C=O) groups excluding carboxylic acids is 1. The van der Waals surface area contributed by atoms with E-state index < -0.39 is 0 Å². The number of likely N-dealkylation sites (tertiary alicyclic amines) is 1. The minimum absolute atomic E-state index is 0.0287. The van der Waals surface area contributed by atoms with Crippen molar-refractivity contribution in [2.75, 3.05) is 19.6 Å². The van der Waals surface area contributed by atoms with Crippen molar-refractivity contribution in [2.45, 2.75) is 71.6 Å². The number of nitrogens with one attached hydrogen (secondary N) is 1. The zero-order valence-electron chi connectivity index (χ0n) is 13.6. The van der Waals surface area contributed by atoms with Crippen molar-refractivity contribution < 1.29 is 4.79 Å². The molecule has 2 aliphatic heterocycles. The fourth-order valence-electron chi connectivity index (χ4n) is 3.62. The van der Waals surface area contributed by atoms with E-state index in [0.29, 0.717) is 17.9 Å². The third-order valence-electron chi connectivity index (χ3n) is 4.57. The van der Waals surface area contributed by atoms with E-state index in [1.165, 1.54) is 25.9 Å². The molecule has 2 heterocycles. The van der Waals surface area contributed by atoms with Gasteiger partial charge < -0.3 is 9.80 Å². The van der Waals surface area contributed by atoms with Crippen LogP contribution >= 0.6 is 0 Å². The first-order valence-electron chi connectivity index (χ1n) is 8.33. The van der Waals surface area contributed by atoms with Crippen molar-refractivity contribution in [3.63, 3.8) is 0 Å². The van der Waals surface area contributed by atoms with Gasteiger partial charge in [-0.3, -0.25) is 10.1 Å². The quantitative estimate of drug-likeness (QED) is 0.809. The molecule has 4 heteroatoms. The lowest BCUT2D eigenvalue weighted by Crippen LogP contribution is -2.47. The molecule has 4 nitrogen and oxygen atoms in total. The lowest BCUT2D eigenvalue weighted by atomic mass is 10.0. The third-order valence-corrected chi connectivity index (χ3v) is 4.57. The van der Waals surface area contributed by atoms with E-state index in [9.17, 15) is 4.79 Å². The molecule has 116 valence electrons. The fraction of sp³-hybridized carbons (Fsp3) is 0.938. The SMILES string of the molecule is CCC1NC(CC(C)C)C(=O)N1C(C)CN1CCCC1. The number of amides is 1. The van der Waals surface area contributed by atoms with E-state index in [1.54, 1.807) is 0 Å². The van der Waals surface area contributed by atoms with Gasteiger partial charge in [-0.05, 0) is 51.6 Å². The molecule has 0 aromatic rings. The Morgan fingerprint density at radius 3 is 2.45 bits per heavy atom. The van der Waals surface area contributed by atoms with E-state index in [0.717, 1.165) is 19.4 Å². The zero-order valence-corrected chi connectivity index (χ0v) is 13.6. The molecule has 2 rings (SSSR count). The summed E-state index contributed by atoms with van der Waals surface area (Å²) in [5, 5.41) is 3.54. The number of hydrogen-bond acceptors (Lipinski definition) is 3. The Bertz CT molecular complexity index is 326. The fourth-order valence-corrected chi connectivity index (χ4v) is 3.62. The summed E-state index contributed by atoms with van der Waals surface area (Å²) in [6, 6.07) is 0.344. The number of nitrogens with zero attached hydrogens (tertiary/aromatic N) is 2. The van der Waals surface area contributed by atoms with Crippen molar-refractivity contribution >= 4 is 5.91 Å². The van der Waals surface area contributed by atoms with Crippen molar-refractivity contribution in [1.82, 2.24) is 15.1 Å². The van der Waals surface area contributed by atoms with Gasteiger partial charge in [-0.25, -0.2) is 0 Å². The lowest BCUT2D eigenvalue weighted by molar-refractivity contribution is -0.132. The Labute approximate surface area is 123 Å². The monoisotopic (exact) mass is 281 g/mol. The van der Waals surface area contributed by atoms with E-state index in [-0.39, 0.29) is 12.2 Å². The summed E-state index contributed by atoms with van der Waals surface area (Å²) < 4.78 is 0. The van der Waals surface area contributed by atoms with Gasteiger partial charge in [0.05, 0.1) is 12.2 Å². The largest absolute Gasteiger partial charge is 0.322 e. The number of rotatable bonds is 6. The van der Waals surface area contributed by atoms with Gasteiger partial charge in [-0.15, -0.1) is 0 Å². The molecule has 2 aliphatic rings. The van der Waals surface area contributed by atoms with Crippen molar-refractivity contribution in [3.05, 3.63) is 0 Å². The van der Waals surface area contributed by atoms with Crippen LogP contribution in [0.15, 0.2) is 0 Å². The standard InChI is InChI=1S/C16H31N3O/c1-5-15-17-14(10-12(2)3)16(20)19(15)13(4)11-18-8-6-7-9-18/h12-15,17H,5-11H2,1-4H3. The Morgan fingerprint density at radius 1 is 1.25 bits per heavy atom. The van der Waals surface area contributed by atoms with Gasteiger partial charge in [0.25, 0.3) is 0 Å². The molecule has 1 N–H and O–H groups in total. The van der Waals surface area contributed by atoms with Gasteiger partial charge in [0.2, 0.25) is 5.91 Å². The summed E-state index contributed by atoms with van der Waals surface area (Å²) in [5.41, 5.74) is 0. The van der Waals surface area contributed by atoms with E-state index in [2.05, 4.69) is 42.8 Å². The van der Waals surface area contributed by atoms with Crippen molar-refractivity contribution in [2.24, 2.45) is 5.92 Å². The molecule has 0 aromatic heterocycles. The van der Waals surface area contributed by atoms with Crippen LogP contribution in [0.3, 0.4) is 0 Å². The van der Waals surface area contributed by atoms with Crippen LogP contribution in [0.4, 0.5) is 0 Å². The summed E-state index contributed by atoms with van der Waals surface area (Å²) in [5.74, 6) is 0.875. The van der Waals surface area contributed by atoms with Crippen LogP contribution in [0.25, 0.3) is 0 Å². The Hall–Kier alpha value is -0.610. The molecule has 2 saturated heterocycles. The molecule has 20 heavy (non-hydrogen) atoms. The van der Waals surface area contributed by atoms with Crippen LogP contribution in [-0.2, 0) is 4.79 Å². The molecule has 1 amide bonds. The number of carbonyl (C=O) groups is 1. The smallest absolute Gasteiger partial charge is 0.241 e. The molecular weight excluding hydrogens is 250 g/mol. The predicted molar refractivity (Wildman–Crippen MR) is 82.4 cm³/mol. The van der Waals surface area contributed by atoms with Gasteiger partial charge in [0, 0.05) is 12.6 Å². The van der Waals surface area contributed by atoms with Gasteiger partial charge in [-0.1, -0.05) is 20.8 Å². The second kappa shape index (κ2) is 6.90. The molecule has 0 saturated carbocycles. The number of hydrogen-bond donors (Lipinski definition) is 1. The molecule has 0 aliphatic carbocycles. The molecular formula is C16H31N3O. The van der Waals surface area contributed by atoms with Crippen LogP contribution in [0.1, 0.15) is 53.4 Å². The average Bonchev–Trinajstić information content (AvgIpc) is 2.98. The second-order valence-corrected chi connectivity index (χ2v) is 6.88. The molecule has 0 bridgehead atoms. The maximum absolute atomic E-state index is 12.7. The summed E-state index contributed by atoms with van der Waals surface area (Å²) in [6.45, 7) is 12.2. The summed E-state index contributed by atoms with van der Waals surface area (Å²) >= 11 is 0. The first-order chi connectivity index (χ1) is 9.52. The third kappa shape index (κ3) is 3.53. The normalized spacial score (nSPS) is 29.6. The molecule has 0 spiro atoms. The molecule has 0 aromatic carbocycles. The molecule has 3 atom stereocenters. The van der Waals surface area contributed by atoms with Gasteiger partial charge in [-0.2, -0.15) is 0 Å². The summed E-state index contributed by atoms with van der Waals surface area (Å²) in [7, 11) is 0. The topological polar surface area (TPSA) is 35.6 Å². The Morgan fingerprint density at radius 2 is 1.90 bits per heavy atom. The van der Waals surface area contributed by atoms with Crippen LogP contribution in [0.2, 0.25) is 0 Å². The Kier molecular flexibility index (Phi) is 5.44. The van der Waals surface area contributed by atoms with Gasteiger partial charge in [0.15, 0.2) is 0 Å². The second-order valence-electron chi connectivity index (χ2n) is 6.88. The van der Waals surface area contributed by atoms with E-state index in [4.69, 9.17) is 0 Å². The van der Waals surface area contributed by atoms with Crippen molar-refractivity contribution in [3.8, 4) is 0 Å². The lowest BCUT2D eigenvalue weighted by Gasteiger charge is -2.32. The highest BCUT2D eigenvalue weighted by Gasteiger charge is 2.40. The molecule has 3 unspecified atom stereocenters. The van der Waals surface area contributed by atoms with Crippen molar-refractivity contribution in [1.29, 1.82) is 0 Å². The highest BCUT2D eigenvalue weighted by atomic mass is 16.2. The maximum atomic E-state index is 12.7. The van der Waals surface area contributed by atoms with E-state index >= 15 is 0 Å². The maximum Gasteiger partial charge on any atom is 0.241 e. The first kappa shape index (κ1) is 15.8. The minimum Gasteiger partial charge on any atom is -0.322 e. The molecule has 0 radical (unpaired) electrons. The van der Waals surface area contributed by atoms with Crippen LogP contribution < -0.4 is 5.32 Å². The molecule has 2 fully saturated rings. The van der Waals surface area contributed by atoms with Gasteiger partial charge >= 0.3 is 0 Å².